The number of pyridine rings is 1. The molecule has 2 aromatic rings. The first-order valence-electron chi connectivity index (χ1n) is 5.97. The Morgan fingerprint density at radius 1 is 1.19 bits per heavy atom. The molecule has 82 valence electrons. The Labute approximate surface area is 95.7 Å². The highest BCUT2D eigenvalue weighted by molar-refractivity contribution is 5.84. The number of fused-ring (bicyclic) bond motifs is 1. The van der Waals surface area contributed by atoms with Crippen LogP contribution in [0.5, 0.6) is 0 Å². The van der Waals surface area contributed by atoms with E-state index in [1.807, 2.05) is 6.20 Å². The number of benzene rings is 1. The lowest BCUT2D eigenvalue weighted by Gasteiger charge is -2.06. The summed E-state index contributed by atoms with van der Waals surface area (Å²) >= 11 is 0. The molecule has 0 saturated heterocycles. The molecule has 1 N–H and O–H groups in total. The molecule has 1 heterocycles. The van der Waals surface area contributed by atoms with Crippen LogP contribution in [-0.2, 0) is 6.54 Å². The molecule has 16 heavy (non-hydrogen) atoms. The SMILES string of the molecule is c1ccc2c(CNCC3CC3)nccc2c1. The molecule has 0 bridgehead atoms. The van der Waals surface area contributed by atoms with Crippen molar-refractivity contribution in [2.24, 2.45) is 5.92 Å². The van der Waals surface area contributed by atoms with Gasteiger partial charge < -0.3 is 5.32 Å². The highest BCUT2D eigenvalue weighted by Crippen LogP contribution is 2.27. The van der Waals surface area contributed by atoms with E-state index in [1.54, 1.807) is 0 Å². The summed E-state index contributed by atoms with van der Waals surface area (Å²) in [6, 6.07) is 10.5. The van der Waals surface area contributed by atoms with E-state index in [2.05, 4.69) is 40.6 Å². The molecular weight excluding hydrogens is 196 g/mol. The molecule has 0 atom stereocenters. The van der Waals surface area contributed by atoms with Gasteiger partial charge in [0.05, 0.1) is 5.69 Å². The minimum Gasteiger partial charge on any atom is -0.311 e. The highest BCUT2D eigenvalue weighted by Gasteiger charge is 2.20. The molecule has 0 unspecified atom stereocenters. The predicted molar refractivity (Wildman–Crippen MR) is 66.2 cm³/mol. The predicted octanol–water partition coefficient (Wildman–Crippen LogP) is 2.73. The summed E-state index contributed by atoms with van der Waals surface area (Å²) < 4.78 is 0. The number of nitrogens with one attached hydrogen (secondary N) is 1. The molecule has 0 radical (unpaired) electrons. The van der Waals surface area contributed by atoms with Gasteiger partial charge in [0.1, 0.15) is 0 Å². The number of nitrogens with zero attached hydrogens (tertiary/aromatic N) is 1. The first-order valence-corrected chi connectivity index (χ1v) is 5.97. The van der Waals surface area contributed by atoms with Gasteiger partial charge in [-0.15, -0.1) is 0 Å². The van der Waals surface area contributed by atoms with Gasteiger partial charge in [-0.3, -0.25) is 4.98 Å². The normalized spacial score (nSPS) is 15.5. The zero-order chi connectivity index (χ0) is 10.8. The van der Waals surface area contributed by atoms with Crippen LogP contribution in [0.25, 0.3) is 10.8 Å². The third-order valence-corrected chi connectivity index (χ3v) is 3.18. The lowest BCUT2D eigenvalue weighted by Crippen LogP contribution is -2.17. The minimum absolute atomic E-state index is 0.887. The van der Waals surface area contributed by atoms with Crippen molar-refractivity contribution in [3.05, 3.63) is 42.2 Å². The van der Waals surface area contributed by atoms with E-state index in [4.69, 9.17) is 0 Å². The first-order chi connectivity index (χ1) is 7.93. The summed E-state index contributed by atoms with van der Waals surface area (Å²) in [5, 5.41) is 6.04. The van der Waals surface area contributed by atoms with Gasteiger partial charge >= 0.3 is 0 Å². The van der Waals surface area contributed by atoms with Crippen molar-refractivity contribution >= 4 is 10.8 Å². The molecule has 2 nitrogen and oxygen atoms in total. The maximum absolute atomic E-state index is 4.46. The first kappa shape index (κ1) is 9.79. The minimum atomic E-state index is 0.887. The van der Waals surface area contributed by atoms with E-state index in [0.29, 0.717) is 0 Å². The van der Waals surface area contributed by atoms with Crippen LogP contribution in [0.2, 0.25) is 0 Å². The van der Waals surface area contributed by atoms with Crippen LogP contribution in [0, 0.1) is 5.92 Å². The second-order valence-electron chi connectivity index (χ2n) is 4.55. The molecule has 1 aliphatic rings. The van der Waals surface area contributed by atoms with Crippen molar-refractivity contribution in [1.82, 2.24) is 10.3 Å². The van der Waals surface area contributed by atoms with Crippen molar-refractivity contribution in [2.75, 3.05) is 6.54 Å². The Bertz CT molecular complexity index is 484. The zero-order valence-electron chi connectivity index (χ0n) is 9.32. The van der Waals surface area contributed by atoms with Crippen LogP contribution < -0.4 is 5.32 Å². The number of hydrogen-bond acceptors (Lipinski definition) is 2. The van der Waals surface area contributed by atoms with Crippen molar-refractivity contribution in [3.63, 3.8) is 0 Å². The summed E-state index contributed by atoms with van der Waals surface area (Å²) in [4.78, 5) is 4.46. The smallest absolute Gasteiger partial charge is 0.0619 e. The molecule has 0 spiro atoms. The maximum Gasteiger partial charge on any atom is 0.0619 e. The van der Waals surface area contributed by atoms with Crippen LogP contribution in [-0.4, -0.2) is 11.5 Å². The van der Waals surface area contributed by atoms with E-state index < -0.39 is 0 Å². The molecule has 0 amide bonds. The molecule has 1 aliphatic carbocycles. The summed E-state index contributed by atoms with van der Waals surface area (Å²) in [6.45, 7) is 2.03. The zero-order valence-corrected chi connectivity index (χ0v) is 9.32. The third-order valence-electron chi connectivity index (χ3n) is 3.18. The topological polar surface area (TPSA) is 24.9 Å². The monoisotopic (exact) mass is 212 g/mol. The number of rotatable bonds is 4. The Kier molecular flexibility index (Phi) is 2.58. The van der Waals surface area contributed by atoms with Gasteiger partial charge in [-0.25, -0.2) is 0 Å². The molecule has 1 fully saturated rings. The molecule has 3 rings (SSSR count). The molecule has 1 aromatic heterocycles. The molecular formula is C14H16N2. The maximum atomic E-state index is 4.46. The van der Waals surface area contributed by atoms with Crippen molar-refractivity contribution in [3.8, 4) is 0 Å². The number of aromatic nitrogens is 1. The molecule has 2 heteroatoms. The quantitative estimate of drug-likeness (QED) is 0.843. The van der Waals surface area contributed by atoms with E-state index in [0.717, 1.165) is 19.0 Å². The largest absolute Gasteiger partial charge is 0.311 e. The van der Waals surface area contributed by atoms with Gasteiger partial charge in [0, 0.05) is 18.1 Å². The van der Waals surface area contributed by atoms with Gasteiger partial charge in [0.2, 0.25) is 0 Å². The summed E-state index contributed by atoms with van der Waals surface area (Å²) in [7, 11) is 0. The average Bonchev–Trinajstić information content (AvgIpc) is 3.13. The number of hydrogen-bond donors (Lipinski definition) is 1. The Hall–Kier alpha value is -1.41. The summed E-state index contributed by atoms with van der Waals surface area (Å²) in [5.41, 5.74) is 1.17. The van der Waals surface area contributed by atoms with Crippen LogP contribution in [0.1, 0.15) is 18.5 Å². The van der Waals surface area contributed by atoms with Crippen LogP contribution in [0.4, 0.5) is 0 Å². The van der Waals surface area contributed by atoms with E-state index in [-0.39, 0.29) is 0 Å². The van der Waals surface area contributed by atoms with E-state index in [9.17, 15) is 0 Å². The molecule has 1 saturated carbocycles. The van der Waals surface area contributed by atoms with Gasteiger partial charge in [-0.1, -0.05) is 24.3 Å². The van der Waals surface area contributed by atoms with Crippen molar-refractivity contribution in [1.29, 1.82) is 0 Å². The lowest BCUT2D eigenvalue weighted by atomic mass is 10.1. The van der Waals surface area contributed by atoms with E-state index in [1.165, 1.54) is 29.3 Å². The highest BCUT2D eigenvalue weighted by atomic mass is 14.9. The lowest BCUT2D eigenvalue weighted by molar-refractivity contribution is 0.633. The van der Waals surface area contributed by atoms with Crippen LogP contribution in [0.3, 0.4) is 0 Å². The van der Waals surface area contributed by atoms with Crippen LogP contribution in [0.15, 0.2) is 36.5 Å². The van der Waals surface area contributed by atoms with Crippen molar-refractivity contribution < 1.29 is 0 Å². The fourth-order valence-corrected chi connectivity index (χ4v) is 2.04. The second kappa shape index (κ2) is 4.22. The molecule has 1 aromatic carbocycles. The second-order valence-corrected chi connectivity index (χ2v) is 4.55. The summed E-state index contributed by atoms with van der Waals surface area (Å²) in [6.07, 6.45) is 4.70. The van der Waals surface area contributed by atoms with Gasteiger partial charge in [-0.05, 0) is 36.8 Å². The van der Waals surface area contributed by atoms with Gasteiger partial charge in [0.25, 0.3) is 0 Å². The molecule has 0 aliphatic heterocycles. The average molecular weight is 212 g/mol. The third kappa shape index (κ3) is 2.07. The fourth-order valence-electron chi connectivity index (χ4n) is 2.04. The van der Waals surface area contributed by atoms with Gasteiger partial charge in [0.15, 0.2) is 0 Å². The van der Waals surface area contributed by atoms with Crippen molar-refractivity contribution in [2.45, 2.75) is 19.4 Å². The standard InChI is InChI=1S/C14H16N2/c1-2-4-13-12(3-1)7-8-16-14(13)10-15-9-11-5-6-11/h1-4,7-8,11,15H,5-6,9-10H2. The van der Waals surface area contributed by atoms with Gasteiger partial charge in [-0.2, -0.15) is 0 Å². The Balaban J connectivity index is 1.79. The summed E-state index contributed by atoms with van der Waals surface area (Å²) in [5.74, 6) is 0.926. The van der Waals surface area contributed by atoms with E-state index >= 15 is 0 Å². The Morgan fingerprint density at radius 3 is 2.94 bits per heavy atom. The van der Waals surface area contributed by atoms with Crippen LogP contribution >= 0.6 is 0 Å². The fraction of sp³-hybridized carbons (Fsp3) is 0.357. The Morgan fingerprint density at radius 2 is 2.06 bits per heavy atom.